The van der Waals surface area contributed by atoms with Crippen molar-refractivity contribution in [3.05, 3.63) is 78.2 Å². The van der Waals surface area contributed by atoms with Gasteiger partial charge in [0.2, 0.25) is 5.89 Å². The predicted molar refractivity (Wildman–Crippen MR) is 99.2 cm³/mol. The van der Waals surface area contributed by atoms with Gasteiger partial charge in [-0.25, -0.2) is 4.79 Å². The summed E-state index contributed by atoms with van der Waals surface area (Å²) in [4.78, 5) is 12.5. The number of esters is 1. The maximum atomic E-state index is 12.5. The van der Waals surface area contributed by atoms with Gasteiger partial charge in [-0.05, 0) is 42.0 Å². The highest BCUT2D eigenvalue weighted by Gasteiger charge is 2.22. The lowest BCUT2D eigenvalue weighted by Gasteiger charge is -2.11. The summed E-state index contributed by atoms with van der Waals surface area (Å²) in [6, 6.07) is 19.9. The van der Waals surface area contributed by atoms with E-state index in [4.69, 9.17) is 9.15 Å². The first kappa shape index (κ1) is 16.8. The zero-order valence-electron chi connectivity index (χ0n) is 14.5. The van der Waals surface area contributed by atoms with Gasteiger partial charge in [0.25, 0.3) is 5.89 Å². The minimum atomic E-state index is -0.756. The van der Waals surface area contributed by atoms with Crippen LogP contribution < -0.4 is 0 Å². The minimum absolute atomic E-state index is 0.0864. The molecule has 0 amide bonds. The van der Waals surface area contributed by atoms with E-state index in [2.05, 4.69) is 10.2 Å². The molecule has 1 N–H and O–H groups in total. The summed E-state index contributed by atoms with van der Waals surface area (Å²) in [6.07, 6.45) is -0.756. The number of phenols is 1. The zero-order valence-corrected chi connectivity index (χ0v) is 14.5. The summed E-state index contributed by atoms with van der Waals surface area (Å²) in [6.45, 7) is 1.64. The van der Waals surface area contributed by atoms with Crippen LogP contribution in [0.5, 0.6) is 5.75 Å². The maximum Gasteiger partial charge on any atom is 0.342 e. The molecule has 0 bridgehead atoms. The molecule has 1 aromatic heterocycles. The molecule has 0 saturated heterocycles. The van der Waals surface area contributed by atoms with Gasteiger partial charge in [0.1, 0.15) is 11.3 Å². The van der Waals surface area contributed by atoms with Gasteiger partial charge < -0.3 is 14.3 Å². The smallest absolute Gasteiger partial charge is 0.342 e. The van der Waals surface area contributed by atoms with Crippen LogP contribution in [0.25, 0.3) is 22.2 Å². The summed E-state index contributed by atoms with van der Waals surface area (Å²) in [5, 5.41) is 19.8. The third kappa shape index (κ3) is 3.37. The van der Waals surface area contributed by atoms with Crippen LogP contribution in [0, 0.1) is 0 Å². The fourth-order valence-corrected chi connectivity index (χ4v) is 2.76. The number of hydrogen-bond acceptors (Lipinski definition) is 6. The summed E-state index contributed by atoms with van der Waals surface area (Å²) in [7, 11) is 0. The topological polar surface area (TPSA) is 85.5 Å². The summed E-state index contributed by atoms with van der Waals surface area (Å²) in [5.41, 5.74) is 0.866. The Bertz CT molecular complexity index is 1110. The van der Waals surface area contributed by atoms with Gasteiger partial charge in [0.05, 0.1) is 0 Å². The fourth-order valence-electron chi connectivity index (χ4n) is 2.76. The predicted octanol–water partition coefficient (Wildman–Crippen LogP) is 4.51. The molecule has 0 aliphatic rings. The SMILES string of the molecule is C[C@H](OC(=O)c1cc2ccccc2cc1O)c1nnc(-c2ccccc2)o1. The van der Waals surface area contributed by atoms with Gasteiger partial charge in [-0.3, -0.25) is 0 Å². The second-order valence-electron chi connectivity index (χ2n) is 6.08. The summed E-state index contributed by atoms with van der Waals surface area (Å²) >= 11 is 0. The molecule has 0 radical (unpaired) electrons. The van der Waals surface area contributed by atoms with Gasteiger partial charge >= 0.3 is 5.97 Å². The molecule has 0 saturated carbocycles. The van der Waals surface area contributed by atoms with Gasteiger partial charge in [-0.15, -0.1) is 10.2 Å². The molecule has 6 heteroatoms. The molecule has 4 rings (SSSR count). The Hall–Kier alpha value is -3.67. The number of phenolic OH excluding ortho intramolecular Hbond substituents is 1. The number of hydrogen-bond donors (Lipinski definition) is 1. The average Bonchev–Trinajstić information content (AvgIpc) is 3.18. The average molecular weight is 360 g/mol. The minimum Gasteiger partial charge on any atom is -0.507 e. The largest absolute Gasteiger partial charge is 0.507 e. The number of aromatic hydroxyl groups is 1. The van der Waals surface area contributed by atoms with E-state index in [1.165, 1.54) is 6.07 Å². The number of ether oxygens (including phenoxy) is 1. The van der Waals surface area contributed by atoms with Crippen molar-refractivity contribution in [1.29, 1.82) is 0 Å². The van der Waals surface area contributed by atoms with E-state index in [0.29, 0.717) is 5.89 Å². The molecule has 6 nitrogen and oxygen atoms in total. The molecule has 0 aliphatic heterocycles. The number of aromatic nitrogens is 2. The first-order valence-corrected chi connectivity index (χ1v) is 8.43. The van der Waals surface area contributed by atoms with E-state index in [1.54, 1.807) is 13.0 Å². The Kier molecular flexibility index (Phi) is 4.30. The standard InChI is InChI=1S/C21H16N2O4/c1-13(19-22-23-20(27-19)14-7-3-2-4-8-14)26-21(25)17-11-15-9-5-6-10-16(15)12-18(17)24/h2-13,24H,1H3/t13-/m0/s1. The highest BCUT2D eigenvalue weighted by Crippen LogP contribution is 2.28. The second kappa shape index (κ2) is 6.92. The molecular weight excluding hydrogens is 344 g/mol. The number of carbonyl (C=O) groups is 1. The molecule has 0 fully saturated rings. The van der Waals surface area contributed by atoms with Crippen molar-refractivity contribution in [3.63, 3.8) is 0 Å². The van der Waals surface area contributed by atoms with Crippen molar-refractivity contribution in [2.45, 2.75) is 13.0 Å². The molecule has 1 heterocycles. The lowest BCUT2D eigenvalue weighted by molar-refractivity contribution is 0.0277. The fraction of sp³-hybridized carbons (Fsp3) is 0.0952. The van der Waals surface area contributed by atoms with E-state index in [-0.39, 0.29) is 17.2 Å². The van der Waals surface area contributed by atoms with Crippen molar-refractivity contribution < 1.29 is 19.1 Å². The Morgan fingerprint density at radius 3 is 2.41 bits per heavy atom. The molecular formula is C21H16N2O4. The zero-order chi connectivity index (χ0) is 18.8. The Balaban J connectivity index is 1.55. The van der Waals surface area contributed by atoms with E-state index in [9.17, 15) is 9.90 Å². The van der Waals surface area contributed by atoms with Gasteiger partial charge in [-0.2, -0.15) is 0 Å². The van der Waals surface area contributed by atoms with Crippen molar-refractivity contribution in [2.75, 3.05) is 0 Å². The molecule has 3 aromatic carbocycles. The van der Waals surface area contributed by atoms with Crippen LogP contribution >= 0.6 is 0 Å². The van der Waals surface area contributed by atoms with Crippen LogP contribution in [0.3, 0.4) is 0 Å². The van der Waals surface area contributed by atoms with Gasteiger partial charge in [-0.1, -0.05) is 42.5 Å². The van der Waals surface area contributed by atoms with E-state index in [1.807, 2.05) is 54.6 Å². The molecule has 27 heavy (non-hydrogen) atoms. The van der Waals surface area contributed by atoms with Crippen LogP contribution in [-0.2, 0) is 4.74 Å². The Labute approximate surface area is 155 Å². The van der Waals surface area contributed by atoms with Crippen LogP contribution in [0.1, 0.15) is 29.3 Å². The molecule has 134 valence electrons. The third-order valence-electron chi connectivity index (χ3n) is 4.18. The number of benzene rings is 3. The maximum absolute atomic E-state index is 12.5. The van der Waals surface area contributed by atoms with Crippen LogP contribution in [0.4, 0.5) is 0 Å². The number of carbonyl (C=O) groups excluding carboxylic acids is 1. The summed E-state index contributed by atoms with van der Waals surface area (Å²) < 4.78 is 11.0. The lowest BCUT2D eigenvalue weighted by Crippen LogP contribution is -2.10. The van der Waals surface area contributed by atoms with Crippen molar-refractivity contribution in [3.8, 4) is 17.2 Å². The summed E-state index contributed by atoms with van der Waals surface area (Å²) in [5.74, 6) is -0.267. The first-order chi connectivity index (χ1) is 13.1. The second-order valence-corrected chi connectivity index (χ2v) is 6.08. The van der Waals surface area contributed by atoms with Gasteiger partial charge in [0.15, 0.2) is 6.10 Å². The highest BCUT2D eigenvalue weighted by molar-refractivity contribution is 5.98. The van der Waals surface area contributed by atoms with Crippen molar-refractivity contribution in [1.82, 2.24) is 10.2 Å². The Morgan fingerprint density at radius 2 is 1.67 bits per heavy atom. The molecule has 1 atom stereocenters. The number of rotatable bonds is 4. The van der Waals surface area contributed by atoms with E-state index in [0.717, 1.165) is 16.3 Å². The normalized spacial score (nSPS) is 12.0. The first-order valence-electron chi connectivity index (χ1n) is 8.43. The highest BCUT2D eigenvalue weighted by atomic mass is 16.6. The Morgan fingerprint density at radius 1 is 1.00 bits per heavy atom. The number of fused-ring (bicyclic) bond motifs is 1. The third-order valence-corrected chi connectivity index (χ3v) is 4.18. The quantitative estimate of drug-likeness (QED) is 0.539. The van der Waals surface area contributed by atoms with E-state index < -0.39 is 12.1 Å². The van der Waals surface area contributed by atoms with Crippen LogP contribution in [0.15, 0.2) is 71.1 Å². The monoisotopic (exact) mass is 360 g/mol. The number of nitrogens with zero attached hydrogens (tertiary/aromatic N) is 2. The van der Waals surface area contributed by atoms with Crippen molar-refractivity contribution in [2.24, 2.45) is 0 Å². The molecule has 0 unspecified atom stereocenters. The van der Waals surface area contributed by atoms with Gasteiger partial charge in [0, 0.05) is 5.56 Å². The van der Waals surface area contributed by atoms with Crippen molar-refractivity contribution >= 4 is 16.7 Å². The molecule has 4 aromatic rings. The van der Waals surface area contributed by atoms with Crippen LogP contribution in [-0.4, -0.2) is 21.3 Å². The lowest BCUT2D eigenvalue weighted by atomic mass is 10.1. The molecule has 0 aliphatic carbocycles. The molecule has 0 spiro atoms. The van der Waals surface area contributed by atoms with Crippen LogP contribution in [0.2, 0.25) is 0 Å². The van der Waals surface area contributed by atoms with E-state index >= 15 is 0 Å².